The molecular weight excluding hydrogens is 244 g/mol. The normalized spacial score (nSPS) is 17.7. The van der Waals surface area contributed by atoms with Crippen molar-refractivity contribution in [1.29, 1.82) is 0 Å². The summed E-state index contributed by atoms with van der Waals surface area (Å²) in [6.45, 7) is 0.203. The van der Waals surface area contributed by atoms with Crippen LogP contribution in [0.15, 0.2) is 12.1 Å². The van der Waals surface area contributed by atoms with Crippen LogP contribution in [0.3, 0.4) is 0 Å². The van der Waals surface area contributed by atoms with E-state index in [2.05, 4.69) is 5.32 Å². The van der Waals surface area contributed by atoms with E-state index in [0.717, 1.165) is 12.8 Å². The van der Waals surface area contributed by atoms with Gasteiger partial charge in [-0.3, -0.25) is 4.79 Å². The van der Waals surface area contributed by atoms with E-state index in [4.69, 9.17) is 15.2 Å². The minimum absolute atomic E-state index is 0.0254. The lowest BCUT2D eigenvalue weighted by Gasteiger charge is -2.12. The van der Waals surface area contributed by atoms with Gasteiger partial charge in [-0.05, 0) is 18.8 Å². The molecule has 0 spiro atoms. The van der Waals surface area contributed by atoms with Gasteiger partial charge < -0.3 is 20.5 Å². The first-order valence-electron chi connectivity index (χ1n) is 6.71. The van der Waals surface area contributed by atoms with Gasteiger partial charge in [-0.1, -0.05) is 12.8 Å². The summed E-state index contributed by atoms with van der Waals surface area (Å²) < 4.78 is 10.5. The molecule has 5 nitrogen and oxygen atoms in total. The van der Waals surface area contributed by atoms with E-state index in [0.29, 0.717) is 35.2 Å². The van der Waals surface area contributed by atoms with Crippen LogP contribution in [0.1, 0.15) is 32.1 Å². The maximum absolute atomic E-state index is 12.0. The third kappa shape index (κ3) is 2.59. The van der Waals surface area contributed by atoms with Crippen molar-refractivity contribution >= 4 is 17.3 Å². The maximum atomic E-state index is 12.0. The molecule has 3 N–H and O–H groups in total. The van der Waals surface area contributed by atoms with Gasteiger partial charge >= 0.3 is 0 Å². The summed E-state index contributed by atoms with van der Waals surface area (Å²) in [5.41, 5.74) is 7.01. The molecule has 1 heterocycles. The molecule has 0 saturated heterocycles. The second-order valence-corrected chi connectivity index (χ2v) is 5.20. The van der Waals surface area contributed by atoms with Gasteiger partial charge in [0.25, 0.3) is 0 Å². The average molecular weight is 262 g/mol. The van der Waals surface area contributed by atoms with Crippen molar-refractivity contribution in [3.63, 3.8) is 0 Å². The Morgan fingerprint density at radius 3 is 2.68 bits per heavy atom. The molecule has 1 amide bonds. The van der Waals surface area contributed by atoms with E-state index in [1.807, 2.05) is 0 Å². The second-order valence-electron chi connectivity index (χ2n) is 5.20. The largest absolute Gasteiger partial charge is 0.454 e. The molecule has 102 valence electrons. The van der Waals surface area contributed by atoms with E-state index in [1.54, 1.807) is 12.1 Å². The molecule has 0 bridgehead atoms. The maximum Gasteiger partial charge on any atom is 0.231 e. The number of nitrogen functional groups attached to an aromatic ring is 1. The Morgan fingerprint density at radius 1 is 1.26 bits per heavy atom. The molecule has 1 aromatic carbocycles. The van der Waals surface area contributed by atoms with Crippen molar-refractivity contribution < 1.29 is 14.3 Å². The first kappa shape index (κ1) is 12.1. The molecule has 1 saturated carbocycles. The number of carbonyl (C=O) groups is 1. The van der Waals surface area contributed by atoms with Crippen molar-refractivity contribution in [3.05, 3.63) is 12.1 Å². The Hall–Kier alpha value is -1.91. The van der Waals surface area contributed by atoms with Gasteiger partial charge in [0.15, 0.2) is 11.5 Å². The molecule has 0 atom stereocenters. The number of nitrogens with two attached hydrogens (primary N) is 1. The third-order valence-corrected chi connectivity index (χ3v) is 3.77. The Bertz CT molecular complexity index is 496. The van der Waals surface area contributed by atoms with Crippen LogP contribution in [0.2, 0.25) is 0 Å². The summed E-state index contributed by atoms with van der Waals surface area (Å²) in [7, 11) is 0. The standard InChI is InChI=1S/C14H18N2O3/c15-10-6-12-13(19-8-18-12)7-11(10)16-14(17)5-9-3-1-2-4-9/h6-7,9H,1-5,8,15H2,(H,16,17). The molecule has 0 radical (unpaired) electrons. The molecule has 1 fully saturated rings. The van der Waals surface area contributed by atoms with Crippen molar-refractivity contribution in [1.82, 2.24) is 0 Å². The zero-order valence-electron chi connectivity index (χ0n) is 10.8. The molecular formula is C14H18N2O3. The molecule has 1 aromatic rings. The van der Waals surface area contributed by atoms with Crippen LogP contribution >= 0.6 is 0 Å². The molecule has 0 aromatic heterocycles. The van der Waals surface area contributed by atoms with E-state index in [9.17, 15) is 4.79 Å². The fourth-order valence-corrected chi connectivity index (χ4v) is 2.74. The lowest BCUT2D eigenvalue weighted by molar-refractivity contribution is -0.117. The highest BCUT2D eigenvalue weighted by atomic mass is 16.7. The smallest absolute Gasteiger partial charge is 0.231 e. The van der Waals surface area contributed by atoms with E-state index >= 15 is 0 Å². The number of nitrogens with one attached hydrogen (secondary N) is 1. The summed E-state index contributed by atoms with van der Waals surface area (Å²) in [5.74, 6) is 1.81. The lowest BCUT2D eigenvalue weighted by Crippen LogP contribution is -2.16. The van der Waals surface area contributed by atoms with Crippen LogP contribution < -0.4 is 20.5 Å². The predicted octanol–water partition coefficient (Wildman–Crippen LogP) is 2.52. The van der Waals surface area contributed by atoms with Gasteiger partial charge in [-0.15, -0.1) is 0 Å². The van der Waals surface area contributed by atoms with Gasteiger partial charge in [0.1, 0.15) is 0 Å². The number of hydrogen-bond acceptors (Lipinski definition) is 4. The Morgan fingerprint density at radius 2 is 1.95 bits per heavy atom. The summed E-state index contributed by atoms with van der Waals surface area (Å²) in [6.07, 6.45) is 5.37. The number of rotatable bonds is 3. The summed E-state index contributed by atoms with van der Waals surface area (Å²) in [5, 5.41) is 2.87. The number of benzene rings is 1. The van der Waals surface area contributed by atoms with E-state index in [1.165, 1.54) is 12.8 Å². The molecule has 1 aliphatic heterocycles. The zero-order valence-corrected chi connectivity index (χ0v) is 10.8. The van der Waals surface area contributed by atoms with Crippen molar-refractivity contribution in [2.75, 3.05) is 17.8 Å². The third-order valence-electron chi connectivity index (χ3n) is 3.77. The number of anilines is 2. The Balaban J connectivity index is 1.67. The molecule has 0 unspecified atom stereocenters. The van der Waals surface area contributed by atoms with Crippen LogP contribution in [-0.4, -0.2) is 12.7 Å². The van der Waals surface area contributed by atoms with Gasteiger partial charge in [-0.25, -0.2) is 0 Å². The predicted molar refractivity (Wildman–Crippen MR) is 72.2 cm³/mol. The van der Waals surface area contributed by atoms with Gasteiger partial charge in [0.2, 0.25) is 12.7 Å². The van der Waals surface area contributed by atoms with Crippen LogP contribution in [0.25, 0.3) is 0 Å². The fourth-order valence-electron chi connectivity index (χ4n) is 2.74. The Kier molecular flexibility index (Phi) is 3.19. The quantitative estimate of drug-likeness (QED) is 0.821. The van der Waals surface area contributed by atoms with Crippen molar-refractivity contribution in [2.45, 2.75) is 32.1 Å². The van der Waals surface area contributed by atoms with E-state index < -0.39 is 0 Å². The summed E-state index contributed by atoms with van der Waals surface area (Å²) in [4.78, 5) is 12.0. The number of fused-ring (bicyclic) bond motifs is 1. The van der Waals surface area contributed by atoms with Crippen molar-refractivity contribution in [2.24, 2.45) is 5.92 Å². The van der Waals surface area contributed by atoms with Crippen LogP contribution in [0.5, 0.6) is 11.5 Å². The van der Waals surface area contributed by atoms with Crippen LogP contribution in [0.4, 0.5) is 11.4 Å². The lowest BCUT2D eigenvalue weighted by atomic mass is 10.0. The topological polar surface area (TPSA) is 73.6 Å². The molecule has 5 heteroatoms. The number of hydrogen-bond donors (Lipinski definition) is 2. The molecule has 2 aliphatic rings. The minimum atomic E-state index is 0.0254. The highest BCUT2D eigenvalue weighted by Crippen LogP contribution is 2.38. The van der Waals surface area contributed by atoms with E-state index in [-0.39, 0.29) is 12.7 Å². The first-order valence-corrected chi connectivity index (χ1v) is 6.71. The molecule has 19 heavy (non-hydrogen) atoms. The average Bonchev–Trinajstić information content (AvgIpc) is 3.00. The second kappa shape index (κ2) is 4.99. The summed E-state index contributed by atoms with van der Waals surface area (Å²) >= 11 is 0. The van der Waals surface area contributed by atoms with Gasteiger partial charge in [0.05, 0.1) is 11.4 Å². The SMILES string of the molecule is Nc1cc2c(cc1NC(=O)CC1CCCC1)OCO2. The first-order chi connectivity index (χ1) is 9.22. The molecule has 3 rings (SSSR count). The van der Waals surface area contributed by atoms with Gasteiger partial charge in [0, 0.05) is 18.6 Å². The molecule has 1 aliphatic carbocycles. The van der Waals surface area contributed by atoms with Crippen molar-refractivity contribution in [3.8, 4) is 11.5 Å². The summed E-state index contributed by atoms with van der Waals surface area (Å²) in [6, 6.07) is 3.41. The monoisotopic (exact) mass is 262 g/mol. The van der Waals surface area contributed by atoms with Gasteiger partial charge in [-0.2, -0.15) is 0 Å². The Labute approximate surface area is 112 Å². The fraction of sp³-hybridized carbons (Fsp3) is 0.500. The van der Waals surface area contributed by atoms with Crippen LogP contribution in [0, 0.1) is 5.92 Å². The highest BCUT2D eigenvalue weighted by molar-refractivity contribution is 5.94. The minimum Gasteiger partial charge on any atom is -0.454 e. The number of ether oxygens (including phenoxy) is 2. The number of amides is 1. The number of carbonyl (C=O) groups excluding carboxylic acids is 1. The van der Waals surface area contributed by atoms with Crippen LogP contribution in [-0.2, 0) is 4.79 Å². The zero-order chi connectivity index (χ0) is 13.2. The highest BCUT2D eigenvalue weighted by Gasteiger charge is 2.20.